The molecule has 1 unspecified atom stereocenters. The highest BCUT2D eigenvalue weighted by molar-refractivity contribution is 5.90. The lowest BCUT2D eigenvalue weighted by molar-refractivity contribution is -0.134. The van der Waals surface area contributed by atoms with Gasteiger partial charge in [-0.05, 0) is 35.8 Å². The van der Waals surface area contributed by atoms with Crippen LogP contribution in [0.15, 0.2) is 103 Å². The molecular weight excluding hydrogens is 611 g/mol. The first-order chi connectivity index (χ1) is 22.4. The summed E-state index contributed by atoms with van der Waals surface area (Å²) < 4.78 is 20.0. The standard InChI is InChI=1S/C27H27FN2O.2C4H4O4/c1-20(17-21-7-3-2-4-8-21)29-13-15-30(16-14-29)27-24-10-6-5-9-22(24)19-31-26-18-23(28)11-12-25(26)27;2*5-3(6)1-2-4(7)8/h2-12,17-18,27H,13-16,19H2,1H3;2*1-2H,(H,5,6)(H,7,8)/b20-17+;2*2-1-. The third-order valence-electron chi connectivity index (χ3n) is 7.09. The number of fused-ring (bicyclic) bond motifs is 2. The van der Waals surface area contributed by atoms with Crippen LogP contribution in [0, 0.1) is 5.82 Å². The average molecular weight is 647 g/mol. The van der Waals surface area contributed by atoms with Crippen molar-refractivity contribution in [2.45, 2.75) is 19.6 Å². The van der Waals surface area contributed by atoms with E-state index in [1.807, 2.05) is 18.2 Å². The minimum atomic E-state index is -1.26. The van der Waals surface area contributed by atoms with Gasteiger partial charge in [-0.3, -0.25) is 4.90 Å². The Kier molecular flexibility index (Phi) is 13.4. The molecule has 2 aliphatic heterocycles. The second-order valence-electron chi connectivity index (χ2n) is 10.3. The third-order valence-corrected chi connectivity index (χ3v) is 7.09. The average Bonchev–Trinajstić information content (AvgIpc) is 3.20. The van der Waals surface area contributed by atoms with Crippen molar-refractivity contribution in [1.82, 2.24) is 9.80 Å². The number of piperazine rings is 1. The van der Waals surface area contributed by atoms with Crippen LogP contribution < -0.4 is 4.74 Å². The van der Waals surface area contributed by atoms with E-state index in [2.05, 4.69) is 65.3 Å². The third kappa shape index (κ3) is 11.6. The van der Waals surface area contributed by atoms with Gasteiger partial charge in [0.2, 0.25) is 0 Å². The number of halogens is 1. The summed E-state index contributed by atoms with van der Waals surface area (Å²) in [5.74, 6) is -4.63. The van der Waals surface area contributed by atoms with Crippen LogP contribution in [0.25, 0.3) is 6.08 Å². The fraction of sp³-hybridized carbons (Fsp3) is 0.200. The van der Waals surface area contributed by atoms with E-state index in [1.165, 1.54) is 28.5 Å². The molecule has 4 N–H and O–H groups in total. The van der Waals surface area contributed by atoms with Gasteiger partial charge in [0.25, 0.3) is 0 Å². The van der Waals surface area contributed by atoms with Gasteiger partial charge in [-0.15, -0.1) is 0 Å². The number of ether oxygens (including phenoxy) is 1. The van der Waals surface area contributed by atoms with Crippen LogP contribution in [0.2, 0.25) is 0 Å². The van der Waals surface area contributed by atoms with Gasteiger partial charge in [-0.2, -0.15) is 0 Å². The number of nitrogens with zero attached hydrogens (tertiary/aromatic N) is 2. The smallest absolute Gasteiger partial charge is 0.328 e. The summed E-state index contributed by atoms with van der Waals surface area (Å²) in [5.41, 5.74) is 6.01. The molecule has 0 amide bonds. The molecule has 0 aromatic heterocycles. The van der Waals surface area contributed by atoms with Crippen LogP contribution in [0.5, 0.6) is 5.75 Å². The number of carbonyl (C=O) groups is 4. The molecule has 0 aliphatic carbocycles. The summed E-state index contributed by atoms with van der Waals surface area (Å²) in [4.78, 5) is 43.2. The lowest BCUT2D eigenvalue weighted by atomic mass is 9.93. The SMILES string of the molecule is C/C(=C\c1ccccc1)N1CCN(C2c3ccccc3COc3cc(F)ccc32)CC1.O=C(O)/C=C\C(=O)O.O=C(O)/C=C\C(=O)O. The molecule has 47 heavy (non-hydrogen) atoms. The quantitative estimate of drug-likeness (QED) is 0.258. The van der Waals surface area contributed by atoms with Gasteiger partial charge >= 0.3 is 23.9 Å². The molecule has 0 radical (unpaired) electrons. The van der Waals surface area contributed by atoms with Crippen molar-refractivity contribution in [3.63, 3.8) is 0 Å². The largest absolute Gasteiger partial charge is 0.488 e. The number of hydrogen-bond acceptors (Lipinski definition) is 7. The molecule has 2 heterocycles. The monoisotopic (exact) mass is 646 g/mol. The van der Waals surface area contributed by atoms with E-state index in [1.54, 1.807) is 6.07 Å². The number of aliphatic carboxylic acids is 4. The number of benzene rings is 3. The molecule has 246 valence electrons. The van der Waals surface area contributed by atoms with Crippen molar-refractivity contribution >= 4 is 30.0 Å². The summed E-state index contributed by atoms with van der Waals surface area (Å²) in [6.07, 6.45) is 4.48. The summed E-state index contributed by atoms with van der Waals surface area (Å²) >= 11 is 0. The van der Waals surface area contributed by atoms with Crippen molar-refractivity contribution in [1.29, 1.82) is 0 Å². The zero-order chi connectivity index (χ0) is 34.3. The Morgan fingerprint density at radius 2 is 1.26 bits per heavy atom. The molecule has 0 saturated carbocycles. The van der Waals surface area contributed by atoms with Crippen LogP contribution in [0.3, 0.4) is 0 Å². The Morgan fingerprint density at radius 3 is 1.81 bits per heavy atom. The van der Waals surface area contributed by atoms with Crippen molar-refractivity contribution in [3.05, 3.63) is 131 Å². The first kappa shape index (κ1) is 35.7. The zero-order valence-corrected chi connectivity index (χ0v) is 25.5. The predicted octanol–water partition coefficient (Wildman–Crippen LogP) is 4.91. The maximum Gasteiger partial charge on any atom is 0.328 e. The number of carboxylic acid groups (broad SMARTS) is 4. The summed E-state index contributed by atoms with van der Waals surface area (Å²) in [7, 11) is 0. The molecular formula is C35H35FN2O9. The Hall–Kier alpha value is -5.75. The van der Waals surface area contributed by atoms with Crippen molar-refractivity contribution in [2.75, 3.05) is 26.2 Å². The van der Waals surface area contributed by atoms with E-state index in [4.69, 9.17) is 25.2 Å². The van der Waals surface area contributed by atoms with E-state index < -0.39 is 23.9 Å². The van der Waals surface area contributed by atoms with Crippen LogP contribution in [0.4, 0.5) is 4.39 Å². The summed E-state index contributed by atoms with van der Waals surface area (Å²) in [6, 6.07) is 24.0. The highest BCUT2D eigenvalue weighted by Crippen LogP contribution is 2.40. The molecule has 11 nitrogen and oxygen atoms in total. The van der Waals surface area contributed by atoms with Gasteiger partial charge in [0.15, 0.2) is 0 Å². The molecule has 2 aliphatic rings. The highest BCUT2D eigenvalue weighted by Gasteiger charge is 2.32. The first-order valence-electron chi connectivity index (χ1n) is 14.4. The van der Waals surface area contributed by atoms with E-state index in [0.29, 0.717) is 36.7 Å². The second kappa shape index (κ2) is 17.7. The summed E-state index contributed by atoms with van der Waals surface area (Å²) in [6.45, 7) is 6.47. The molecule has 1 fully saturated rings. The number of hydrogen-bond donors (Lipinski definition) is 4. The molecule has 12 heteroatoms. The van der Waals surface area contributed by atoms with Gasteiger partial charge in [0, 0.05) is 67.8 Å². The Labute approximate surface area is 270 Å². The Morgan fingerprint density at radius 1 is 0.723 bits per heavy atom. The number of rotatable bonds is 7. The Balaban J connectivity index is 0.000000312. The topological polar surface area (TPSA) is 165 Å². The molecule has 0 bridgehead atoms. The first-order valence-corrected chi connectivity index (χ1v) is 14.4. The van der Waals surface area contributed by atoms with E-state index >= 15 is 0 Å². The van der Waals surface area contributed by atoms with Crippen LogP contribution in [-0.4, -0.2) is 80.3 Å². The molecule has 3 aromatic rings. The Bertz CT molecular complexity index is 1580. The van der Waals surface area contributed by atoms with E-state index in [9.17, 15) is 23.6 Å². The number of allylic oxidation sites excluding steroid dienone is 1. The molecule has 0 spiro atoms. The van der Waals surface area contributed by atoms with Crippen LogP contribution in [-0.2, 0) is 25.8 Å². The highest BCUT2D eigenvalue weighted by atomic mass is 19.1. The molecule has 1 atom stereocenters. The van der Waals surface area contributed by atoms with E-state index in [-0.39, 0.29) is 11.9 Å². The van der Waals surface area contributed by atoms with Crippen molar-refractivity contribution < 1.29 is 48.7 Å². The fourth-order valence-corrected chi connectivity index (χ4v) is 5.01. The zero-order valence-electron chi connectivity index (χ0n) is 25.5. The molecule has 5 rings (SSSR count). The lowest BCUT2D eigenvalue weighted by Crippen LogP contribution is -2.47. The van der Waals surface area contributed by atoms with Crippen LogP contribution in [0.1, 0.15) is 35.2 Å². The van der Waals surface area contributed by atoms with Gasteiger partial charge in [-0.25, -0.2) is 23.6 Å². The minimum absolute atomic E-state index is 0.0786. The van der Waals surface area contributed by atoms with Gasteiger partial charge in [0.05, 0.1) is 6.04 Å². The minimum Gasteiger partial charge on any atom is -0.488 e. The van der Waals surface area contributed by atoms with Gasteiger partial charge in [-0.1, -0.05) is 60.7 Å². The fourth-order valence-electron chi connectivity index (χ4n) is 5.01. The van der Waals surface area contributed by atoms with Crippen molar-refractivity contribution in [2.24, 2.45) is 0 Å². The van der Waals surface area contributed by atoms with Crippen molar-refractivity contribution in [3.8, 4) is 5.75 Å². The second-order valence-corrected chi connectivity index (χ2v) is 10.3. The molecule has 1 saturated heterocycles. The predicted molar refractivity (Wildman–Crippen MR) is 171 cm³/mol. The number of carboxylic acids is 4. The van der Waals surface area contributed by atoms with Gasteiger partial charge < -0.3 is 30.1 Å². The lowest BCUT2D eigenvalue weighted by Gasteiger charge is -2.41. The maximum atomic E-state index is 13.9. The normalized spacial score (nSPS) is 15.9. The molecule has 3 aromatic carbocycles. The van der Waals surface area contributed by atoms with Gasteiger partial charge in [0.1, 0.15) is 18.2 Å². The maximum absolute atomic E-state index is 13.9. The summed E-state index contributed by atoms with van der Waals surface area (Å²) in [5, 5.41) is 31.2. The van der Waals surface area contributed by atoms with Crippen LogP contribution >= 0.6 is 0 Å². The van der Waals surface area contributed by atoms with E-state index in [0.717, 1.165) is 31.7 Å².